The molecule has 3 amide bonds. The van der Waals surface area contributed by atoms with E-state index in [2.05, 4.69) is 23.5 Å². The molecule has 0 radical (unpaired) electrons. The first-order chi connectivity index (χ1) is 16.1. The maximum atomic E-state index is 13.9. The van der Waals surface area contributed by atoms with Crippen molar-refractivity contribution in [3.63, 3.8) is 0 Å². The molecule has 0 saturated heterocycles. The fourth-order valence-electron chi connectivity index (χ4n) is 4.34. The van der Waals surface area contributed by atoms with Crippen LogP contribution in [-0.4, -0.2) is 34.2 Å². The van der Waals surface area contributed by atoms with Crippen molar-refractivity contribution in [2.75, 3.05) is 10.6 Å². The highest BCUT2D eigenvalue weighted by atomic mass is 32.1. The maximum Gasteiger partial charge on any atom is 0.272 e. The van der Waals surface area contributed by atoms with Gasteiger partial charge in [0.25, 0.3) is 11.8 Å². The van der Waals surface area contributed by atoms with Gasteiger partial charge in [-0.3, -0.25) is 19.3 Å². The first kappa shape index (κ1) is 25.7. The molecule has 1 unspecified atom stereocenters. The van der Waals surface area contributed by atoms with Crippen molar-refractivity contribution >= 4 is 40.6 Å². The predicted molar refractivity (Wildman–Crippen MR) is 136 cm³/mol. The molecule has 34 heavy (non-hydrogen) atoms. The molecule has 5 N–H and O–H groups in total. The SMILES string of the molecule is CC(C)CC(C(=O)NC1CCCC1)N(C(=O)c1snc(C(N)=O)c1N)c1ccc(C(C)C)cc1. The lowest BCUT2D eigenvalue weighted by Gasteiger charge is -2.33. The molecule has 1 heterocycles. The van der Waals surface area contributed by atoms with Gasteiger partial charge in [-0.25, -0.2) is 0 Å². The molecule has 0 spiro atoms. The van der Waals surface area contributed by atoms with Crippen LogP contribution < -0.4 is 21.7 Å². The number of nitrogens with two attached hydrogens (primary N) is 2. The normalized spacial score (nSPS) is 15.0. The molecule has 9 heteroatoms. The zero-order valence-corrected chi connectivity index (χ0v) is 21.2. The van der Waals surface area contributed by atoms with Gasteiger partial charge in [-0.05, 0) is 60.3 Å². The number of carbonyl (C=O) groups excluding carboxylic acids is 3. The lowest BCUT2D eigenvalue weighted by atomic mass is 9.98. The van der Waals surface area contributed by atoms with Gasteiger partial charge >= 0.3 is 0 Å². The topological polar surface area (TPSA) is 131 Å². The van der Waals surface area contributed by atoms with Gasteiger partial charge in [0.05, 0.1) is 5.69 Å². The monoisotopic (exact) mass is 485 g/mol. The Morgan fingerprint density at radius 2 is 1.74 bits per heavy atom. The third-order valence-corrected chi connectivity index (χ3v) is 7.07. The van der Waals surface area contributed by atoms with Gasteiger partial charge in [0.2, 0.25) is 5.91 Å². The first-order valence-electron chi connectivity index (χ1n) is 11.9. The third kappa shape index (κ3) is 5.75. The second kappa shape index (κ2) is 11.0. The number of anilines is 2. The van der Waals surface area contributed by atoms with Crippen molar-refractivity contribution in [2.45, 2.75) is 77.8 Å². The number of rotatable bonds is 9. The Morgan fingerprint density at radius 1 is 1.12 bits per heavy atom. The number of nitrogens with one attached hydrogen (secondary N) is 1. The van der Waals surface area contributed by atoms with E-state index in [1.54, 1.807) is 0 Å². The summed E-state index contributed by atoms with van der Waals surface area (Å²) in [5.74, 6) is -0.958. The number of nitrogens with zero attached hydrogens (tertiary/aromatic N) is 2. The summed E-state index contributed by atoms with van der Waals surface area (Å²) in [6, 6.07) is 7.03. The Morgan fingerprint density at radius 3 is 2.24 bits per heavy atom. The molecule has 8 nitrogen and oxygen atoms in total. The highest BCUT2D eigenvalue weighted by molar-refractivity contribution is 7.09. The number of hydrogen-bond acceptors (Lipinski definition) is 6. The van der Waals surface area contributed by atoms with Crippen LogP contribution in [0.2, 0.25) is 0 Å². The van der Waals surface area contributed by atoms with Gasteiger partial charge in [0.1, 0.15) is 10.9 Å². The molecule has 0 bridgehead atoms. The maximum absolute atomic E-state index is 13.9. The summed E-state index contributed by atoms with van der Waals surface area (Å²) in [7, 11) is 0. The second-order valence-corrected chi connectivity index (χ2v) is 10.5. The minimum Gasteiger partial charge on any atom is -0.395 e. The zero-order valence-electron chi connectivity index (χ0n) is 20.3. The van der Waals surface area contributed by atoms with Gasteiger partial charge < -0.3 is 16.8 Å². The van der Waals surface area contributed by atoms with Crippen molar-refractivity contribution < 1.29 is 14.4 Å². The number of hydrogen-bond donors (Lipinski definition) is 3. The molecule has 2 aromatic rings. The number of benzene rings is 1. The van der Waals surface area contributed by atoms with E-state index in [0.29, 0.717) is 18.0 Å². The lowest BCUT2D eigenvalue weighted by molar-refractivity contribution is -0.123. The first-order valence-corrected chi connectivity index (χ1v) is 12.7. The van der Waals surface area contributed by atoms with E-state index in [1.807, 2.05) is 38.1 Å². The molecule has 1 saturated carbocycles. The van der Waals surface area contributed by atoms with Crippen LogP contribution in [0.25, 0.3) is 0 Å². The van der Waals surface area contributed by atoms with Crippen molar-refractivity contribution in [3.05, 3.63) is 40.4 Å². The average molecular weight is 486 g/mol. The number of primary amides is 1. The van der Waals surface area contributed by atoms with E-state index < -0.39 is 17.9 Å². The van der Waals surface area contributed by atoms with Crippen LogP contribution in [0.15, 0.2) is 24.3 Å². The highest BCUT2D eigenvalue weighted by Crippen LogP contribution is 2.30. The average Bonchev–Trinajstić information content (AvgIpc) is 3.42. The summed E-state index contributed by atoms with van der Waals surface area (Å²) < 4.78 is 3.99. The standard InChI is InChI=1S/C25H35N5O3S/c1-14(2)13-19(24(32)28-17-7-5-6-8-17)30(18-11-9-16(10-12-18)15(3)4)25(33)22-20(26)21(23(27)31)29-34-22/h9-12,14-15,17,19H,5-8,13,26H2,1-4H3,(H2,27,31)(H,28,32). The number of aromatic nitrogens is 1. The lowest BCUT2D eigenvalue weighted by Crippen LogP contribution is -2.52. The van der Waals surface area contributed by atoms with E-state index in [4.69, 9.17) is 11.5 Å². The van der Waals surface area contributed by atoms with E-state index in [1.165, 1.54) is 4.90 Å². The van der Waals surface area contributed by atoms with E-state index in [-0.39, 0.29) is 34.1 Å². The van der Waals surface area contributed by atoms with Crippen LogP contribution in [-0.2, 0) is 4.79 Å². The van der Waals surface area contributed by atoms with Crippen molar-refractivity contribution in [1.29, 1.82) is 0 Å². The van der Waals surface area contributed by atoms with E-state index >= 15 is 0 Å². The third-order valence-electron chi connectivity index (χ3n) is 6.22. The minimum atomic E-state index is -0.793. The Labute approximate surface area is 205 Å². The van der Waals surface area contributed by atoms with Gasteiger partial charge in [-0.2, -0.15) is 4.37 Å². The molecule has 1 aromatic heterocycles. The predicted octanol–water partition coefficient (Wildman–Crippen LogP) is 4.07. The Kier molecular flexibility index (Phi) is 8.30. The van der Waals surface area contributed by atoms with Crippen molar-refractivity contribution in [2.24, 2.45) is 11.7 Å². The van der Waals surface area contributed by atoms with Crippen LogP contribution in [0.1, 0.15) is 91.4 Å². The molecule has 184 valence electrons. The smallest absolute Gasteiger partial charge is 0.272 e. The van der Waals surface area contributed by atoms with Crippen molar-refractivity contribution in [1.82, 2.24) is 9.69 Å². The molecule has 3 rings (SSSR count). The molecule has 0 aliphatic heterocycles. The molecule has 1 aliphatic rings. The van der Waals surface area contributed by atoms with Crippen LogP contribution in [0.3, 0.4) is 0 Å². The van der Waals surface area contributed by atoms with E-state index in [9.17, 15) is 14.4 Å². The number of nitrogen functional groups attached to an aromatic ring is 1. The molecule has 1 atom stereocenters. The minimum absolute atomic E-state index is 0.0502. The second-order valence-electron chi connectivity index (χ2n) is 9.69. The molecule has 1 aliphatic carbocycles. The van der Waals surface area contributed by atoms with Crippen LogP contribution >= 0.6 is 11.5 Å². The Bertz CT molecular complexity index is 1030. The number of amides is 3. The van der Waals surface area contributed by atoms with E-state index in [0.717, 1.165) is 42.8 Å². The summed E-state index contributed by atoms with van der Waals surface area (Å²) in [4.78, 5) is 40.7. The largest absolute Gasteiger partial charge is 0.395 e. The van der Waals surface area contributed by atoms with Gasteiger partial charge in [0.15, 0.2) is 5.69 Å². The van der Waals surface area contributed by atoms with Crippen LogP contribution in [0.4, 0.5) is 11.4 Å². The number of carbonyl (C=O) groups is 3. The zero-order chi connectivity index (χ0) is 25.0. The van der Waals surface area contributed by atoms with Crippen molar-refractivity contribution in [3.8, 4) is 0 Å². The van der Waals surface area contributed by atoms with Crippen LogP contribution in [0.5, 0.6) is 0 Å². The fourth-order valence-corrected chi connectivity index (χ4v) is 5.08. The Balaban J connectivity index is 2.06. The van der Waals surface area contributed by atoms with Gasteiger partial charge in [0, 0.05) is 11.7 Å². The molecular formula is C25H35N5O3S. The van der Waals surface area contributed by atoms with Gasteiger partial charge in [-0.15, -0.1) is 0 Å². The molecular weight excluding hydrogens is 450 g/mol. The molecule has 1 aromatic carbocycles. The van der Waals surface area contributed by atoms with Gasteiger partial charge in [-0.1, -0.05) is 52.7 Å². The summed E-state index contributed by atoms with van der Waals surface area (Å²) in [6.45, 7) is 8.23. The Hall–Kier alpha value is -2.94. The van der Waals surface area contributed by atoms with Crippen LogP contribution in [0, 0.1) is 5.92 Å². The highest BCUT2D eigenvalue weighted by Gasteiger charge is 2.36. The summed E-state index contributed by atoms with van der Waals surface area (Å²) in [5.41, 5.74) is 13.0. The summed E-state index contributed by atoms with van der Waals surface area (Å²) in [5, 5.41) is 3.16. The summed E-state index contributed by atoms with van der Waals surface area (Å²) in [6.07, 6.45) is 4.54. The summed E-state index contributed by atoms with van der Waals surface area (Å²) >= 11 is 0.826. The fraction of sp³-hybridized carbons (Fsp3) is 0.520. The molecule has 1 fully saturated rings. The quantitative estimate of drug-likeness (QED) is 0.493.